The minimum Gasteiger partial charge on any atom is -0.497 e. The van der Waals surface area contributed by atoms with Crippen LogP contribution in [-0.2, 0) is 14.8 Å². The van der Waals surface area contributed by atoms with Gasteiger partial charge in [-0.2, -0.15) is 0 Å². The van der Waals surface area contributed by atoms with Crippen LogP contribution in [0.2, 0.25) is 5.02 Å². The van der Waals surface area contributed by atoms with Crippen molar-refractivity contribution in [3.8, 4) is 5.75 Å². The highest BCUT2D eigenvalue weighted by molar-refractivity contribution is 7.92. The lowest BCUT2D eigenvalue weighted by Crippen LogP contribution is -2.44. The number of amides is 1. The molecule has 1 amide bonds. The molecule has 0 aromatic heterocycles. The van der Waals surface area contributed by atoms with Crippen LogP contribution in [0.5, 0.6) is 5.75 Å². The molecule has 0 saturated carbocycles. The van der Waals surface area contributed by atoms with E-state index in [1.54, 1.807) is 29.2 Å². The average molecular weight is 423 g/mol. The summed E-state index contributed by atoms with van der Waals surface area (Å²) in [6.45, 7) is 1.07. The quantitative estimate of drug-likeness (QED) is 0.713. The minimum atomic E-state index is -3.94. The first kappa shape index (κ1) is 20.5. The van der Waals surface area contributed by atoms with Crippen LogP contribution < -0.4 is 9.04 Å². The maximum Gasteiger partial charge on any atom is 0.264 e. The second kappa shape index (κ2) is 8.84. The van der Waals surface area contributed by atoms with E-state index in [2.05, 4.69) is 0 Å². The largest absolute Gasteiger partial charge is 0.497 e. The van der Waals surface area contributed by atoms with Crippen LogP contribution in [0.25, 0.3) is 0 Å². The van der Waals surface area contributed by atoms with Gasteiger partial charge in [0.05, 0.1) is 17.7 Å². The summed E-state index contributed by atoms with van der Waals surface area (Å²) < 4.78 is 32.9. The van der Waals surface area contributed by atoms with Gasteiger partial charge < -0.3 is 9.64 Å². The molecule has 1 heterocycles. The van der Waals surface area contributed by atoms with E-state index in [4.69, 9.17) is 16.3 Å². The van der Waals surface area contributed by atoms with E-state index in [0.29, 0.717) is 29.5 Å². The maximum absolute atomic E-state index is 13.3. The second-order valence-electron chi connectivity index (χ2n) is 6.61. The van der Waals surface area contributed by atoms with Gasteiger partial charge in [-0.15, -0.1) is 0 Å². The Kier molecular flexibility index (Phi) is 6.46. The molecule has 1 aliphatic rings. The van der Waals surface area contributed by atoms with Gasteiger partial charge in [0, 0.05) is 18.1 Å². The fourth-order valence-corrected chi connectivity index (χ4v) is 4.70. The lowest BCUT2D eigenvalue weighted by atomic mass is 10.1. The van der Waals surface area contributed by atoms with Crippen LogP contribution in [0.4, 0.5) is 5.69 Å². The number of piperidine rings is 1. The van der Waals surface area contributed by atoms with Gasteiger partial charge in [-0.1, -0.05) is 11.6 Å². The number of halogens is 1. The van der Waals surface area contributed by atoms with E-state index in [0.717, 1.165) is 23.6 Å². The number of hydrogen-bond acceptors (Lipinski definition) is 4. The van der Waals surface area contributed by atoms with Gasteiger partial charge >= 0.3 is 0 Å². The van der Waals surface area contributed by atoms with E-state index >= 15 is 0 Å². The minimum absolute atomic E-state index is 0.0826. The summed E-state index contributed by atoms with van der Waals surface area (Å²) in [6, 6.07) is 12.5. The van der Waals surface area contributed by atoms with Crippen molar-refractivity contribution in [3.05, 3.63) is 53.6 Å². The Hall–Kier alpha value is -2.25. The van der Waals surface area contributed by atoms with Crippen LogP contribution >= 0.6 is 11.6 Å². The predicted octanol–water partition coefficient (Wildman–Crippen LogP) is 3.56. The predicted molar refractivity (Wildman–Crippen MR) is 109 cm³/mol. The van der Waals surface area contributed by atoms with E-state index in [9.17, 15) is 13.2 Å². The number of sulfonamides is 1. The number of anilines is 1. The molecule has 0 bridgehead atoms. The molecule has 150 valence electrons. The number of carbonyl (C=O) groups is 1. The van der Waals surface area contributed by atoms with Crippen molar-refractivity contribution in [2.75, 3.05) is 31.0 Å². The van der Waals surface area contributed by atoms with Gasteiger partial charge in [0.2, 0.25) is 5.91 Å². The number of nitrogens with zero attached hydrogens (tertiary/aromatic N) is 2. The number of rotatable bonds is 6. The lowest BCUT2D eigenvalue weighted by molar-refractivity contribution is -0.130. The zero-order valence-electron chi connectivity index (χ0n) is 15.7. The molecule has 1 fully saturated rings. The third kappa shape index (κ3) is 4.59. The Labute approximate surface area is 170 Å². The molecular weight excluding hydrogens is 400 g/mol. The number of ether oxygens (including phenoxy) is 1. The normalized spacial score (nSPS) is 14.6. The summed E-state index contributed by atoms with van der Waals surface area (Å²) in [5, 5.41) is 0.444. The highest BCUT2D eigenvalue weighted by atomic mass is 35.5. The van der Waals surface area contributed by atoms with Crippen molar-refractivity contribution in [1.82, 2.24) is 4.90 Å². The molecule has 0 radical (unpaired) electrons. The van der Waals surface area contributed by atoms with E-state index in [1.165, 1.54) is 31.4 Å². The van der Waals surface area contributed by atoms with Gasteiger partial charge in [-0.25, -0.2) is 8.42 Å². The Morgan fingerprint density at radius 3 is 2.21 bits per heavy atom. The summed E-state index contributed by atoms with van der Waals surface area (Å²) in [7, 11) is -2.40. The molecule has 2 aromatic rings. The standard InChI is InChI=1S/C20H23ClN2O4S/c1-27-18-9-7-17(8-10-18)23(15-20(24)22-13-3-2-4-14-22)28(25,26)19-11-5-16(21)6-12-19/h5-12H,2-4,13-15H2,1H3. The van der Waals surface area contributed by atoms with Crippen LogP contribution in [0.3, 0.4) is 0 Å². The maximum atomic E-state index is 13.3. The van der Waals surface area contributed by atoms with Gasteiger partial charge in [-0.05, 0) is 67.8 Å². The average Bonchev–Trinajstić information content (AvgIpc) is 2.73. The third-order valence-corrected chi connectivity index (χ3v) is 6.79. The number of benzene rings is 2. The molecule has 2 aromatic carbocycles. The molecule has 0 aliphatic carbocycles. The Morgan fingerprint density at radius 2 is 1.64 bits per heavy atom. The summed E-state index contributed by atoms with van der Waals surface area (Å²) in [6.07, 6.45) is 2.98. The van der Waals surface area contributed by atoms with E-state index < -0.39 is 10.0 Å². The van der Waals surface area contributed by atoms with E-state index in [1.807, 2.05) is 0 Å². The fourth-order valence-electron chi connectivity index (χ4n) is 3.16. The molecule has 8 heteroatoms. The summed E-state index contributed by atoms with van der Waals surface area (Å²) in [4.78, 5) is 14.6. The Morgan fingerprint density at radius 1 is 1.04 bits per heavy atom. The monoisotopic (exact) mass is 422 g/mol. The lowest BCUT2D eigenvalue weighted by Gasteiger charge is -2.30. The van der Waals surface area contributed by atoms with Crippen molar-refractivity contribution in [2.45, 2.75) is 24.2 Å². The Bertz CT molecular complexity index is 908. The molecule has 28 heavy (non-hydrogen) atoms. The second-order valence-corrected chi connectivity index (χ2v) is 8.90. The first-order valence-electron chi connectivity index (χ1n) is 9.12. The number of methoxy groups -OCH3 is 1. The third-order valence-electron chi connectivity index (χ3n) is 4.75. The van der Waals surface area contributed by atoms with Crippen LogP contribution in [0.1, 0.15) is 19.3 Å². The summed E-state index contributed by atoms with van der Waals surface area (Å²) >= 11 is 5.89. The Balaban J connectivity index is 1.95. The number of likely N-dealkylation sites (tertiary alicyclic amines) is 1. The fraction of sp³-hybridized carbons (Fsp3) is 0.350. The number of hydrogen-bond donors (Lipinski definition) is 0. The molecule has 0 N–H and O–H groups in total. The van der Waals surface area contributed by atoms with Crippen LogP contribution in [0, 0.1) is 0 Å². The molecule has 1 saturated heterocycles. The molecule has 0 atom stereocenters. The van der Waals surface area contributed by atoms with Crippen molar-refractivity contribution in [1.29, 1.82) is 0 Å². The summed E-state index contributed by atoms with van der Waals surface area (Å²) in [5.74, 6) is 0.406. The van der Waals surface area contributed by atoms with Gasteiger partial charge in [-0.3, -0.25) is 9.10 Å². The van der Waals surface area contributed by atoms with Crippen LogP contribution in [0.15, 0.2) is 53.4 Å². The molecular formula is C20H23ClN2O4S. The van der Waals surface area contributed by atoms with Crippen molar-refractivity contribution < 1.29 is 17.9 Å². The zero-order valence-corrected chi connectivity index (χ0v) is 17.2. The van der Waals surface area contributed by atoms with Gasteiger partial charge in [0.25, 0.3) is 10.0 Å². The van der Waals surface area contributed by atoms with Crippen molar-refractivity contribution in [3.63, 3.8) is 0 Å². The zero-order chi connectivity index (χ0) is 20.1. The van der Waals surface area contributed by atoms with E-state index in [-0.39, 0.29) is 17.3 Å². The topological polar surface area (TPSA) is 66.9 Å². The first-order chi connectivity index (χ1) is 13.4. The molecule has 3 rings (SSSR count). The molecule has 0 spiro atoms. The first-order valence-corrected chi connectivity index (χ1v) is 10.9. The SMILES string of the molecule is COc1ccc(N(CC(=O)N2CCCCC2)S(=O)(=O)c2ccc(Cl)cc2)cc1. The smallest absolute Gasteiger partial charge is 0.264 e. The molecule has 0 unspecified atom stereocenters. The number of carbonyl (C=O) groups excluding carboxylic acids is 1. The highest BCUT2D eigenvalue weighted by Gasteiger charge is 2.29. The van der Waals surface area contributed by atoms with Crippen molar-refractivity contribution >= 4 is 33.2 Å². The van der Waals surface area contributed by atoms with Crippen molar-refractivity contribution in [2.24, 2.45) is 0 Å². The van der Waals surface area contributed by atoms with Gasteiger partial charge in [0.1, 0.15) is 12.3 Å². The summed E-state index contributed by atoms with van der Waals surface area (Å²) in [5.41, 5.74) is 0.404. The molecule has 1 aliphatic heterocycles. The molecule has 6 nitrogen and oxygen atoms in total. The highest BCUT2D eigenvalue weighted by Crippen LogP contribution is 2.27. The van der Waals surface area contributed by atoms with Crippen LogP contribution in [-0.4, -0.2) is 46.0 Å². The van der Waals surface area contributed by atoms with Gasteiger partial charge in [0.15, 0.2) is 0 Å².